The van der Waals surface area contributed by atoms with Gasteiger partial charge in [-0.1, -0.05) is 23.5 Å². The molecule has 12 nitrogen and oxygen atoms in total. The zero-order valence-electron chi connectivity index (χ0n) is 21.4. The highest BCUT2D eigenvalue weighted by molar-refractivity contribution is 7.22. The minimum atomic E-state index is 0.199. The van der Waals surface area contributed by atoms with Crippen molar-refractivity contribution in [3.63, 3.8) is 0 Å². The lowest BCUT2D eigenvalue weighted by Gasteiger charge is -2.30. The van der Waals surface area contributed by atoms with E-state index in [2.05, 4.69) is 35.3 Å². The van der Waals surface area contributed by atoms with Gasteiger partial charge in [0.1, 0.15) is 0 Å². The molecule has 2 aliphatic rings. The number of benzene rings is 2. The van der Waals surface area contributed by atoms with Gasteiger partial charge >= 0.3 is 6.01 Å². The van der Waals surface area contributed by atoms with E-state index >= 15 is 0 Å². The Morgan fingerprint density at radius 1 is 0.872 bits per heavy atom. The molecule has 2 fully saturated rings. The number of methoxy groups -OCH3 is 1. The highest BCUT2D eigenvalue weighted by Crippen LogP contribution is 2.32. The number of hydrogen-bond donors (Lipinski definition) is 1. The molecule has 39 heavy (non-hydrogen) atoms. The van der Waals surface area contributed by atoms with Gasteiger partial charge in [0.25, 0.3) is 0 Å². The van der Waals surface area contributed by atoms with Crippen LogP contribution < -0.4 is 24.7 Å². The van der Waals surface area contributed by atoms with Crippen LogP contribution in [-0.2, 0) is 9.47 Å². The Morgan fingerprint density at radius 2 is 1.56 bits per heavy atom. The van der Waals surface area contributed by atoms with Crippen molar-refractivity contribution in [2.45, 2.75) is 0 Å². The second-order valence-corrected chi connectivity index (χ2v) is 9.82. The summed E-state index contributed by atoms with van der Waals surface area (Å²) in [6, 6.07) is 13.7. The molecule has 0 amide bonds. The van der Waals surface area contributed by atoms with E-state index in [1.54, 1.807) is 24.7 Å². The zero-order valence-corrected chi connectivity index (χ0v) is 22.3. The first kappa shape index (κ1) is 25.2. The number of morpholine rings is 2. The molecule has 6 rings (SSSR count). The van der Waals surface area contributed by atoms with Crippen LogP contribution in [0.3, 0.4) is 0 Å². The summed E-state index contributed by atoms with van der Waals surface area (Å²) in [5.74, 6) is 2.14. The van der Waals surface area contributed by atoms with E-state index in [0.717, 1.165) is 20.9 Å². The second kappa shape index (κ2) is 11.8. The SMILES string of the molecule is COc1cc(/C=N/Nc2nc3ccccc3s2)ccc1Oc1nc(N2CCOCC2)nc(N2CCOCC2)n1. The molecule has 0 spiro atoms. The van der Waals surface area contributed by atoms with Crippen molar-refractivity contribution in [3.05, 3.63) is 48.0 Å². The van der Waals surface area contributed by atoms with Crippen molar-refractivity contribution >= 4 is 44.8 Å². The van der Waals surface area contributed by atoms with Crippen LogP contribution in [0, 0.1) is 0 Å². The summed E-state index contributed by atoms with van der Waals surface area (Å²) in [7, 11) is 1.59. The molecule has 2 aromatic heterocycles. The van der Waals surface area contributed by atoms with Crippen molar-refractivity contribution in [1.29, 1.82) is 0 Å². The third-order valence-corrected chi connectivity index (χ3v) is 7.18. The number of hydrazone groups is 1. The van der Waals surface area contributed by atoms with E-state index in [9.17, 15) is 0 Å². The number of nitrogens with zero attached hydrogens (tertiary/aromatic N) is 7. The summed E-state index contributed by atoms with van der Waals surface area (Å²) in [6.45, 7) is 5.31. The summed E-state index contributed by atoms with van der Waals surface area (Å²) >= 11 is 1.55. The first-order valence-electron chi connectivity index (χ1n) is 12.7. The minimum Gasteiger partial charge on any atom is -0.493 e. The fourth-order valence-electron chi connectivity index (χ4n) is 4.22. The largest absolute Gasteiger partial charge is 0.493 e. The van der Waals surface area contributed by atoms with Gasteiger partial charge in [-0.25, -0.2) is 4.98 Å². The molecule has 2 aromatic carbocycles. The maximum Gasteiger partial charge on any atom is 0.328 e. The number of fused-ring (bicyclic) bond motifs is 1. The molecule has 0 aliphatic carbocycles. The lowest BCUT2D eigenvalue weighted by molar-refractivity contribution is 0.121. The van der Waals surface area contributed by atoms with E-state index in [0.29, 0.717) is 76.0 Å². The Morgan fingerprint density at radius 3 is 2.23 bits per heavy atom. The van der Waals surface area contributed by atoms with Crippen LogP contribution in [0.4, 0.5) is 17.0 Å². The molecule has 0 saturated carbocycles. The predicted octanol–water partition coefficient (Wildman–Crippen LogP) is 3.40. The molecule has 2 aliphatic heterocycles. The predicted molar refractivity (Wildman–Crippen MR) is 150 cm³/mol. The molecular formula is C26H28N8O4S. The second-order valence-electron chi connectivity index (χ2n) is 8.79. The molecule has 4 aromatic rings. The number of para-hydroxylation sites is 1. The molecule has 202 valence electrons. The number of anilines is 3. The number of ether oxygens (including phenoxy) is 4. The van der Waals surface area contributed by atoms with E-state index in [4.69, 9.17) is 23.9 Å². The summed E-state index contributed by atoms with van der Waals surface area (Å²) in [5, 5.41) is 5.06. The Kier molecular flexibility index (Phi) is 7.61. The maximum atomic E-state index is 6.15. The maximum absolute atomic E-state index is 6.15. The highest BCUT2D eigenvalue weighted by Gasteiger charge is 2.22. The fraction of sp³-hybridized carbons (Fsp3) is 0.346. The van der Waals surface area contributed by atoms with E-state index < -0.39 is 0 Å². The van der Waals surface area contributed by atoms with Crippen LogP contribution >= 0.6 is 11.3 Å². The van der Waals surface area contributed by atoms with E-state index in [-0.39, 0.29) is 6.01 Å². The van der Waals surface area contributed by atoms with Crippen LogP contribution in [0.2, 0.25) is 0 Å². The zero-order chi connectivity index (χ0) is 26.4. The van der Waals surface area contributed by atoms with Crippen molar-refractivity contribution in [2.24, 2.45) is 5.10 Å². The number of hydrogen-bond acceptors (Lipinski definition) is 13. The van der Waals surface area contributed by atoms with Gasteiger partial charge in [0.15, 0.2) is 11.5 Å². The molecule has 13 heteroatoms. The van der Waals surface area contributed by atoms with Crippen LogP contribution in [0.1, 0.15) is 5.56 Å². The molecule has 4 heterocycles. The van der Waals surface area contributed by atoms with Gasteiger partial charge in [0.2, 0.25) is 17.0 Å². The van der Waals surface area contributed by atoms with Crippen molar-refractivity contribution < 1.29 is 18.9 Å². The van der Waals surface area contributed by atoms with E-state index in [1.807, 2.05) is 42.5 Å². The van der Waals surface area contributed by atoms with Crippen LogP contribution in [0.15, 0.2) is 47.6 Å². The molecule has 0 unspecified atom stereocenters. The monoisotopic (exact) mass is 548 g/mol. The van der Waals surface area contributed by atoms with Crippen molar-refractivity contribution in [3.8, 4) is 17.5 Å². The number of aromatic nitrogens is 4. The Bertz CT molecular complexity index is 1380. The van der Waals surface area contributed by atoms with Crippen molar-refractivity contribution in [2.75, 3.05) is 74.9 Å². The lowest BCUT2D eigenvalue weighted by Crippen LogP contribution is -2.40. The molecule has 0 radical (unpaired) electrons. The first-order chi connectivity index (χ1) is 19.2. The molecule has 1 N–H and O–H groups in total. The normalized spacial score (nSPS) is 16.1. The third-order valence-electron chi connectivity index (χ3n) is 6.24. The summed E-state index contributed by atoms with van der Waals surface area (Å²) in [6.07, 6.45) is 1.70. The lowest BCUT2D eigenvalue weighted by atomic mass is 10.2. The van der Waals surface area contributed by atoms with Gasteiger partial charge < -0.3 is 28.7 Å². The number of nitrogens with one attached hydrogen (secondary N) is 1. The van der Waals surface area contributed by atoms with Crippen LogP contribution in [0.25, 0.3) is 10.2 Å². The standard InChI is InChI=1S/C26H28N8O4S/c1-35-21-16-18(17-27-32-26-28-19-4-2-3-5-22(19)39-26)6-7-20(21)38-25-30-23(33-8-12-36-13-9-33)29-24(31-25)34-10-14-37-15-11-34/h2-7,16-17H,8-15H2,1H3,(H,28,32)/b27-17+. The van der Waals surface area contributed by atoms with Gasteiger partial charge in [-0.2, -0.15) is 20.1 Å². The fourth-order valence-corrected chi connectivity index (χ4v) is 5.04. The number of thiazole rings is 1. The average Bonchev–Trinajstić information content (AvgIpc) is 3.41. The van der Waals surface area contributed by atoms with Gasteiger partial charge in [-0.15, -0.1) is 0 Å². The van der Waals surface area contributed by atoms with Crippen molar-refractivity contribution in [1.82, 2.24) is 19.9 Å². The molecule has 0 bridgehead atoms. The molecule has 2 saturated heterocycles. The Balaban J connectivity index is 1.21. The van der Waals surface area contributed by atoms with E-state index in [1.165, 1.54) is 0 Å². The van der Waals surface area contributed by atoms with Gasteiger partial charge in [-0.3, -0.25) is 5.43 Å². The van der Waals surface area contributed by atoms with Crippen LogP contribution in [0.5, 0.6) is 17.5 Å². The third kappa shape index (κ3) is 6.00. The summed E-state index contributed by atoms with van der Waals surface area (Å²) in [4.78, 5) is 22.7. The first-order valence-corrected chi connectivity index (χ1v) is 13.5. The summed E-state index contributed by atoms with van der Waals surface area (Å²) < 4.78 is 23.9. The highest BCUT2D eigenvalue weighted by atomic mass is 32.1. The quantitative estimate of drug-likeness (QED) is 0.258. The smallest absolute Gasteiger partial charge is 0.328 e. The topological polar surface area (TPSA) is 119 Å². The average molecular weight is 549 g/mol. The molecular weight excluding hydrogens is 520 g/mol. The number of rotatable bonds is 8. The molecule has 0 atom stereocenters. The summed E-state index contributed by atoms with van der Waals surface area (Å²) in [5.41, 5.74) is 4.77. The minimum absolute atomic E-state index is 0.199. The van der Waals surface area contributed by atoms with Crippen LogP contribution in [-0.4, -0.2) is 85.9 Å². The Hall–Kier alpha value is -4.07. The van der Waals surface area contributed by atoms with Gasteiger partial charge in [-0.05, 0) is 35.9 Å². The van der Waals surface area contributed by atoms with Gasteiger partial charge in [0, 0.05) is 26.2 Å². The van der Waals surface area contributed by atoms with Gasteiger partial charge in [0.05, 0.1) is 50.0 Å². The Labute approximate surface area is 229 Å².